The monoisotopic (exact) mass is 217 g/mol. The minimum Gasteiger partial charge on any atom is -0.454 e. The van der Waals surface area contributed by atoms with Crippen molar-refractivity contribution in [3.05, 3.63) is 29.8 Å². The Morgan fingerprint density at radius 2 is 2.00 bits per heavy atom. The van der Waals surface area contributed by atoms with Crippen molar-refractivity contribution < 1.29 is 9.47 Å². The van der Waals surface area contributed by atoms with Crippen LogP contribution in [-0.2, 0) is 0 Å². The molecule has 2 aliphatic heterocycles. The summed E-state index contributed by atoms with van der Waals surface area (Å²) in [7, 11) is 0. The lowest BCUT2D eigenvalue weighted by molar-refractivity contribution is 0.174. The maximum atomic E-state index is 5.40. The van der Waals surface area contributed by atoms with Crippen molar-refractivity contribution >= 4 is 5.57 Å². The molecule has 16 heavy (non-hydrogen) atoms. The summed E-state index contributed by atoms with van der Waals surface area (Å²) >= 11 is 0. The van der Waals surface area contributed by atoms with E-state index in [1.807, 2.05) is 6.07 Å². The molecule has 0 radical (unpaired) electrons. The van der Waals surface area contributed by atoms with Crippen LogP contribution in [0.1, 0.15) is 18.4 Å². The van der Waals surface area contributed by atoms with Gasteiger partial charge >= 0.3 is 0 Å². The highest BCUT2D eigenvalue weighted by molar-refractivity contribution is 5.68. The number of rotatable bonds is 1. The molecular weight excluding hydrogens is 202 g/mol. The number of hydrogen-bond donors (Lipinski definition) is 1. The van der Waals surface area contributed by atoms with Crippen LogP contribution in [0.25, 0.3) is 5.57 Å². The molecular formula is C13H15NO2. The summed E-state index contributed by atoms with van der Waals surface area (Å²) in [6, 6.07) is 6.20. The second kappa shape index (κ2) is 4.18. The van der Waals surface area contributed by atoms with Crippen molar-refractivity contribution in [1.29, 1.82) is 0 Å². The molecule has 0 amide bonds. The third kappa shape index (κ3) is 1.78. The molecule has 3 heteroatoms. The summed E-state index contributed by atoms with van der Waals surface area (Å²) in [5.41, 5.74) is 2.66. The predicted octanol–water partition coefficient (Wildman–Crippen LogP) is 2.18. The quantitative estimate of drug-likeness (QED) is 0.782. The maximum Gasteiger partial charge on any atom is 0.231 e. The van der Waals surface area contributed by atoms with Crippen LogP contribution < -0.4 is 14.8 Å². The summed E-state index contributed by atoms with van der Waals surface area (Å²) in [5.74, 6) is 1.73. The highest BCUT2D eigenvalue weighted by atomic mass is 16.7. The van der Waals surface area contributed by atoms with Gasteiger partial charge in [-0.3, -0.25) is 0 Å². The van der Waals surface area contributed by atoms with Crippen molar-refractivity contribution in [3.63, 3.8) is 0 Å². The van der Waals surface area contributed by atoms with Crippen molar-refractivity contribution in [3.8, 4) is 11.5 Å². The number of nitrogens with one attached hydrogen (secondary N) is 1. The van der Waals surface area contributed by atoms with E-state index in [-0.39, 0.29) is 0 Å². The van der Waals surface area contributed by atoms with E-state index in [9.17, 15) is 0 Å². The summed E-state index contributed by atoms with van der Waals surface area (Å²) in [5, 5.41) is 3.39. The first kappa shape index (κ1) is 9.73. The van der Waals surface area contributed by atoms with Crippen molar-refractivity contribution in [1.82, 2.24) is 5.32 Å². The van der Waals surface area contributed by atoms with Gasteiger partial charge in [-0.1, -0.05) is 12.1 Å². The molecule has 1 N–H and O–H groups in total. The number of ether oxygens (including phenoxy) is 2. The van der Waals surface area contributed by atoms with Gasteiger partial charge in [0, 0.05) is 0 Å². The van der Waals surface area contributed by atoms with Gasteiger partial charge < -0.3 is 14.8 Å². The highest BCUT2D eigenvalue weighted by Crippen LogP contribution is 2.35. The molecule has 3 rings (SSSR count). The van der Waals surface area contributed by atoms with Crippen molar-refractivity contribution in [2.24, 2.45) is 0 Å². The lowest BCUT2D eigenvalue weighted by atomic mass is 10.0. The fourth-order valence-electron chi connectivity index (χ4n) is 2.16. The van der Waals surface area contributed by atoms with Gasteiger partial charge in [-0.25, -0.2) is 0 Å². The van der Waals surface area contributed by atoms with Gasteiger partial charge in [-0.2, -0.15) is 0 Å². The molecule has 0 aliphatic carbocycles. The van der Waals surface area contributed by atoms with E-state index in [0.717, 1.165) is 37.4 Å². The fourth-order valence-corrected chi connectivity index (χ4v) is 2.16. The molecule has 0 saturated heterocycles. The topological polar surface area (TPSA) is 30.5 Å². The Balaban J connectivity index is 1.91. The van der Waals surface area contributed by atoms with Gasteiger partial charge in [-0.05, 0) is 49.2 Å². The van der Waals surface area contributed by atoms with Gasteiger partial charge in [0.1, 0.15) is 0 Å². The molecule has 0 saturated carbocycles. The van der Waals surface area contributed by atoms with E-state index in [0.29, 0.717) is 6.79 Å². The second-order valence-corrected chi connectivity index (χ2v) is 4.09. The molecule has 2 heterocycles. The average molecular weight is 217 g/mol. The van der Waals surface area contributed by atoms with Crippen LogP contribution in [0.3, 0.4) is 0 Å². The van der Waals surface area contributed by atoms with Crippen LogP contribution in [-0.4, -0.2) is 19.9 Å². The fraction of sp³-hybridized carbons (Fsp3) is 0.385. The molecule has 0 fully saturated rings. The zero-order valence-corrected chi connectivity index (χ0v) is 9.16. The van der Waals surface area contributed by atoms with Crippen LogP contribution in [0.2, 0.25) is 0 Å². The maximum absolute atomic E-state index is 5.40. The Hall–Kier alpha value is -1.48. The Bertz CT molecular complexity index is 426. The molecule has 0 atom stereocenters. The molecule has 1 aromatic rings. The SMILES string of the molecule is C1=C(c2ccc3c(c2)OCO3)CCNCC1. The second-order valence-electron chi connectivity index (χ2n) is 4.09. The van der Waals surface area contributed by atoms with E-state index < -0.39 is 0 Å². The Kier molecular flexibility index (Phi) is 2.54. The minimum atomic E-state index is 0.347. The Labute approximate surface area is 95.1 Å². The van der Waals surface area contributed by atoms with E-state index in [1.54, 1.807) is 0 Å². The summed E-state index contributed by atoms with van der Waals surface area (Å²) in [6.07, 6.45) is 4.50. The lowest BCUT2D eigenvalue weighted by Gasteiger charge is -2.06. The first-order valence-corrected chi connectivity index (χ1v) is 5.73. The normalized spacial score (nSPS) is 19.1. The predicted molar refractivity (Wildman–Crippen MR) is 62.6 cm³/mol. The molecule has 3 nitrogen and oxygen atoms in total. The smallest absolute Gasteiger partial charge is 0.231 e. The zero-order chi connectivity index (χ0) is 10.8. The molecule has 0 spiro atoms. The summed E-state index contributed by atoms with van der Waals surface area (Å²) < 4.78 is 10.7. The summed E-state index contributed by atoms with van der Waals surface area (Å²) in [4.78, 5) is 0. The van der Waals surface area contributed by atoms with Gasteiger partial charge in [0.15, 0.2) is 11.5 Å². The van der Waals surface area contributed by atoms with Crippen molar-refractivity contribution in [2.45, 2.75) is 12.8 Å². The van der Waals surface area contributed by atoms with Crippen LogP contribution >= 0.6 is 0 Å². The van der Waals surface area contributed by atoms with E-state index >= 15 is 0 Å². The Morgan fingerprint density at radius 3 is 3.00 bits per heavy atom. The van der Waals surface area contributed by atoms with Gasteiger partial charge in [0.25, 0.3) is 0 Å². The average Bonchev–Trinajstić information content (AvgIpc) is 2.61. The Morgan fingerprint density at radius 1 is 1.06 bits per heavy atom. The molecule has 84 valence electrons. The molecule has 0 unspecified atom stereocenters. The zero-order valence-electron chi connectivity index (χ0n) is 9.16. The number of benzene rings is 1. The van der Waals surface area contributed by atoms with Crippen LogP contribution in [0, 0.1) is 0 Å². The van der Waals surface area contributed by atoms with Gasteiger partial charge in [0.2, 0.25) is 6.79 Å². The van der Waals surface area contributed by atoms with Crippen molar-refractivity contribution in [2.75, 3.05) is 19.9 Å². The first-order chi connectivity index (χ1) is 7.93. The van der Waals surface area contributed by atoms with E-state index in [4.69, 9.17) is 9.47 Å². The molecule has 0 bridgehead atoms. The number of fused-ring (bicyclic) bond motifs is 1. The third-order valence-corrected chi connectivity index (χ3v) is 3.03. The first-order valence-electron chi connectivity index (χ1n) is 5.73. The van der Waals surface area contributed by atoms with E-state index in [1.165, 1.54) is 11.1 Å². The van der Waals surface area contributed by atoms with E-state index in [2.05, 4.69) is 23.5 Å². The van der Waals surface area contributed by atoms with Crippen LogP contribution in [0.15, 0.2) is 24.3 Å². The summed E-state index contributed by atoms with van der Waals surface area (Å²) in [6.45, 7) is 2.48. The largest absolute Gasteiger partial charge is 0.454 e. The van der Waals surface area contributed by atoms with Gasteiger partial charge in [-0.15, -0.1) is 0 Å². The van der Waals surface area contributed by atoms with Gasteiger partial charge in [0.05, 0.1) is 0 Å². The molecule has 2 aliphatic rings. The highest BCUT2D eigenvalue weighted by Gasteiger charge is 2.14. The molecule has 1 aromatic carbocycles. The standard InChI is InChI=1S/C13H15NO2/c1-2-10(5-7-14-6-1)11-3-4-12-13(8-11)16-9-15-12/h2-4,8,14H,1,5-7,9H2. The third-order valence-electron chi connectivity index (χ3n) is 3.03. The van der Waals surface area contributed by atoms with Crippen LogP contribution in [0.4, 0.5) is 0 Å². The molecule has 0 aromatic heterocycles. The lowest BCUT2D eigenvalue weighted by Crippen LogP contribution is -2.13. The van der Waals surface area contributed by atoms with Crippen LogP contribution in [0.5, 0.6) is 11.5 Å². The minimum absolute atomic E-state index is 0.347. The number of hydrogen-bond acceptors (Lipinski definition) is 3.